The number of thiazole rings is 1. The lowest BCUT2D eigenvalue weighted by molar-refractivity contribution is 0.102. The SMILES string of the molecule is O=C(Nc1cnccc1OC1CCCC1)c1csc(-c2c(F)cccc2F)n1. The van der Waals surface area contributed by atoms with Gasteiger partial charge < -0.3 is 10.1 Å². The van der Waals surface area contributed by atoms with Gasteiger partial charge in [-0.2, -0.15) is 0 Å². The van der Waals surface area contributed by atoms with Crippen molar-refractivity contribution in [1.82, 2.24) is 9.97 Å². The third-order valence-corrected chi connectivity index (χ3v) is 5.40. The Hall–Kier alpha value is -2.87. The summed E-state index contributed by atoms with van der Waals surface area (Å²) in [6.45, 7) is 0. The molecule has 1 aliphatic carbocycles. The molecule has 4 rings (SSSR count). The van der Waals surface area contributed by atoms with Gasteiger partial charge in [0.2, 0.25) is 0 Å². The number of rotatable bonds is 5. The minimum atomic E-state index is -0.721. The summed E-state index contributed by atoms with van der Waals surface area (Å²) in [4.78, 5) is 20.7. The number of carbonyl (C=O) groups excluding carboxylic acids is 1. The zero-order valence-electron chi connectivity index (χ0n) is 14.8. The number of aromatic nitrogens is 2. The van der Waals surface area contributed by atoms with E-state index in [-0.39, 0.29) is 22.4 Å². The van der Waals surface area contributed by atoms with Gasteiger partial charge in [-0.25, -0.2) is 13.8 Å². The Labute approximate surface area is 164 Å². The Kier molecular flexibility index (Phi) is 5.29. The maximum absolute atomic E-state index is 13.9. The summed E-state index contributed by atoms with van der Waals surface area (Å²) in [5, 5.41) is 4.29. The number of halogens is 2. The largest absolute Gasteiger partial charge is 0.488 e. The number of carbonyl (C=O) groups is 1. The summed E-state index contributed by atoms with van der Waals surface area (Å²) in [5.74, 6) is -1.39. The van der Waals surface area contributed by atoms with Crippen LogP contribution in [0.25, 0.3) is 10.6 Å². The van der Waals surface area contributed by atoms with E-state index in [0.29, 0.717) is 11.4 Å². The van der Waals surface area contributed by atoms with Gasteiger partial charge in [0.25, 0.3) is 5.91 Å². The Morgan fingerprint density at radius 3 is 2.68 bits per heavy atom. The van der Waals surface area contributed by atoms with Crippen LogP contribution < -0.4 is 10.1 Å². The van der Waals surface area contributed by atoms with Gasteiger partial charge in [0, 0.05) is 17.6 Å². The minimum absolute atomic E-state index is 0.0679. The van der Waals surface area contributed by atoms with Crippen LogP contribution in [0.2, 0.25) is 0 Å². The molecule has 0 saturated heterocycles. The fraction of sp³-hybridized carbons (Fsp3) is 0.250. The van der Waals surface area contributed by atoms with Crippen LogP contribution in [0.5, 0.6) is 5.75 Å². The summed E-state index contributed by atoms with van der Waals surface area (Å²) < 4.78 is 33.9. The van der Waals surface area contributed by atoms with Crippen LogP contribution in [-0.4, -0.2) is 22.0 Å². The Bertz CT molecular complexity index is 982. The highest BCUT2D eigenvalue weighted by molar-refractivity contribution is 7.13. The highest BCUT2D eigenvalue weighted by Crippen LogP contribution is 2.31. The van der Waals surface area contributed by atoms with Crippen molar-refractivity contribution in [1.29, 1.82) is 0 Å². The topological polar surface area (TPSA) is 64.1 Å². The normalized spacial score (nSPS) is 14.2. The van der Waals surface area contributed by atoms with Crippen molar-refractivity contribution in [2.45, 2.75) is 31.8 Å². The van der Waals surface area contributed by atoms with E-state index in [1.807, 2.05) is 0 Å². The molecule has 3 aromatic rings. The molecule has 0 spiro atoms. The van der Waals surface area contributed by atoms with E-state index in [4.69, 9.17) is 4.74 Å². The zero-order chi connectivity index (χ0) is 19.5. The summed E-state index contributed by atoms with van der Waals surface area (Å²) in [6.07, 6.45) is 7.47. The van der Waals surface area contributed by atoms with E-state index < -0.39 is 17.5 Å². The minimum Gasteiger partial charge on any atom is -0.488 e. The van der Waals surface area contributed by atoms with Crippen LogP contribution in [0.4, 0.5) is 14.5 Å². The van der Waals surface area contributed by atoms with E-state index in [0.717, 1.165) is 49.2 Å². The molecule has 2 aromatic heterocycles. The van der Waals surface area contributed by atoms with Crippen molar-refractivity contribution in [3.63, 3.8) is 0 Å². The molecule has 2 heterocycles. The molecule has 0 unspecified atom stereocenters. The summed E-state index contributed by atoms with van der Waals surface area (Å²) in [5.41, 5.74) is 0.266. The highest BCUT2D eigenvalue weighted by Gasteiger charge is 2.21. The average Bonchev–Trinajstić information content (AvgIpc) is 3.35. The van der Waals surface area contributed by atoms with E-state index in [1.165, 1.54) is 17.6 Å². The molecule has 1 amide bonds. The molecular weight excluding hydrogens is 384 g/mol. The third kappa shape index (κ3) is 3.87. The molecule has 1 aromatic carbocycles. The lowest BCUT2D eigenvalue weighted by Crippen LogP contribution is -2.16. The quantitative estimate of drug-likeness (QED) is 0.649. The molecule has 1 fully saturated rings. The second-order valence-electron chi connectivity index (χ2n) is 6.48. The van der Waals surface area contributed by atoms with Crippen molar-refractivity contribution < 1.29 is 18.3 Å². The van der Waals surface area contributed by atoms with Gasteiger partial charge in [0.15, 0.2) is 0 Å². The number of nitrogens with one attached hydrogen (secondary N) is 1. The highest BCUT2D eigenvalue weighted by atomic mass is 32.1. The first-order valence-corrected chi connectivity index (χ1v) is 9.81. The van der Waals surface area contributed by atoms with Gasteiger partial charge in [-0.3, -0.25) is 9.78 Å². The second-order valence-corrected chi connectivity index (χ2v) is 7.34. The predicted molar refractivity (Wildman–Crippen MR) is 103 cm³/mol. The first-order valence-electron chi connectivity index (χ1n) is 8.94. The molecular formula is C20H17F2N3O2S. The van der Waals surface area contributed by atoms with Crippen molar-refractivity contribution in [3.8, 4) is 16.3 Å². The van der Waals surface area contributed by atoms with Gasteiger partial charge in [-0.15, -0.1) is 11.3 Å². The van der Waals surface area contributed by atoms with Crippen molar-refractivity contribution in [2.75, 3.05) is 5.32 Å². The summed E-state index contributed by atoms with van der Waals surface area (Å²) in [7, 11) is 0. The Morgan fingerprint density at radius 1 is 1.18 bits per heavy atom. The number of amides is 1. The Balaban J connectivity index is 1.53. The number of benzene rings is 1. The third-order valence-electron chi connectivity index (χ3n) is 4.54. The fourth-order valence-corrected chi connectivity index (χ4v) is 3.99. The molecule has 0 bridgehead atoms. The van der Waals surface area contributed by atoms with E-state index in [2.05, 4.69) is 15.3 Å². The summed E-state index contributed by atoms with van der Waals surface area (Å²) >= 11 is 1.00. The van der Waals surface area contributed by atoms with Crippen molar-refractivity contribution in [2.24, 2.45) is 0 Å². The number of anilines is 1. The van der Waals surface area contributed by atoms with Crippen LogP contribution in [0.3, 0.4) is 0 Å². The number of hydrogen-bond donors (Lipinski definition) is 1. The van der Waals surface area contributed by atoms with Crippen molar-refractivity contribution in [3.05, 3.63) is 59.4 Å². The number of hydrogen-bond acceptors (Lipinski definition) is 5. The van der Waals surface area contributed by atoms with Crippen molar-refractivity contribution >= 4 is 22.9 Å². The second kappa shape index (κ2) is 8.02. The van der Waals surface area contributed by atoms with Gasteiger partial charge in [-0.1, -0.05) is 6.07 Å². The monoisotopic (exact) mass is 401 g/mol. The predicted octanol–water partition coefficient (Wildman–Crippen LogP) is 5.06. The zero-order valence-corrected chi connectivity index (χ0v) is 15.6. The lowest BCUT2D eigenvalue weighted by atomic mass is 10.2. The van der Waals surface area contributed by atoms with E-state index in [9.17, 15) is 13.6 Å². The molecule has 0 aliphatic heterocycles. The Morgan fingerprint density at radius 2 is 1.93 bits per heavy atom. The first-order chi connectivity index (χ1) is 13.6. The average molecular weight is 401 g/mol. The molecule has 1 N–H and O–H groups in total. The first kappa shape index (κ1) is 18.5. The smallest absolute Gasteiger partial charge is 0.275 e. The lowest BCUT2D eigenvalue weighted by Gasteiger charge is -2.16. The molecule has 0 atom stereocenters. The maximum atomic E-state index is 13.9. The molecule has 1 aliphatic rings. The molecule has 28 heavy (non-hydrogen) atoms. The molecule has 1 saturated carbocycles. The van der Waals surface area contributed by atoms with Gasteiger partial charge >= 0.3 is 0 Å². The van der Waals surface area contributed by atoms with E-state index in [1.54, 1.807) is 12.3 Å². The van der Waals surface area contributed by atoms with Gasteiger partial charge in [-0.05, 0) is 37.8 Å². The van der Waals surface area contributed by atoms with Crippen LogP contribution in [-0.2, 0) is 0 Å². The van der Waals surface area contributed by atoms with E-state index >= 15 is 0 Å². The number of pyridine rings is 1. The standard InChI is InChI=1S/C20H17F2N3O2S/c21-13-6-3-7-14(22)18(13)20-25-16(11-28-20)19(26)24-15-10-23-9-8-17(15)27-12-4-1-2-5-12/h3,6-12H,1-2,4-5H2,(H,24,26). The molecule has 5 nitrogen and oxygen atoms in total. The van der Waals surface area contributed by atoms with Crippen LogP contribution in [0.1, 0.15) is 36.2 Å². The number of nitrogens with zero attached hydrogens (tertiary/aromatic N) is 2. The fourth-order valence-electron chi connectivity index (χ4n) is 3.15. The maximum Gasteiger partial charge on any atom is 0.275 e. The number of ether oxygens (including phenoxy) is 1. The van der Waals surface area contributed by atoms with Gasteiger partial charge in [0.05, 0.1) is 17.9 Å². The van der Waals surface area contributed by atoms with Crippen LogP contribution in [0, 0.1) is 11.6 Å². The van der Waals surface area contributed by atoms with Gasteiger partial charge in [0.1, 0.15) is 33.8 Å². The molecule has 0 radical (unpaired) electrons. The van der Waals surface area contributed by atoms with Crippen LogP contribution in [0.15, 0.2) is 42.0 Å². The molecule has 144 valence electrons. The molecule has 8 heteroatoms. The summed E-state index contributed by atoms with van der Waals surface area (Å²) in [6, 6.07) is 5.29. The van der Waals surface area contributed by atoms with Crippen LogP contribution >= 0.6 is 11.3 Å².